The SMILES string of the molecule is CCCCNC(=O)n1c(=S)[nH]c2cc(NC(=O)OC(C)(C)C)ccc21. The predicted octanol–water partition coefficient (Wildman–Crippen LogP) is 4.40. The average Bonchev–Trinajstić information content (AvgIpc) is 2.80. The second-order valence-corrected chi connectivity index (χ2v) is 7.10. The number of fused-ring (bicyclic) bond motifs is 1. The first kappa shape index (κ1) is 19.0. The second-order valence-electron chi connectivity index (χ2n) is 6.71. The number of H-pyrrole nitrogens is 1. The third-order valence-corrected chi connectivity index (χ3v) is 3.62. The van der Waals surface area contributed by atoms with Crippen LogP contribution in [0.4, 0.5) is 15.3 Å². The zero-order valence-corrected chi connectivity index (χ0v) is 15.8. The first-order valence-electron chi connectivity index (χ1n) is 8.24. The number of amides is 2. The van der Waals surface area contributed by atoms with Crippen LogP contribution in [-0.2, 0) is 4.74 Å². The maximum atomic E-state index is 12.3. The van der Waals surface area contributed by atoms with Gasteiger partial charge in [-0.15, -0.1) is 0 Å². The number of unbranched alkanes of at least 4 members (excludes halogenated alkanes) is 1. The Bertz CT molecular complexity index is 833. The summed E-state index contributed by atoms with van der Waals surface area (Å²) in [6.07, 6.45) is 1.37. The molecule has 0 atom stereocenters. The Labute approximate surface area is 151 Å². The zero-order chi connectivity index (χ0) is 18.6. The lowest BCUT2D eigenvalue weighted by Crippen LogP contribution is -2.29. The normalized spacial score (nSPS) is 11.4. The summed E-state index contributed by atoms with van der Waals surface area (Å²) >= 11 is 5.25. The fourth-order valence-corrected chi connectivity index (χ4v) is 2.55. The Hall–Kier alpha value is -2.35. The van der Waals surface area contributed by atoms with Crippen molar-refractivity contribution < 1.29 is 14.3 Å². The third-order valence-electron chi connectivity index (χ3n) is 3.34. The molecule has 0 fully saturated rings. The topological polar surface area (TPSA) is 88.2 Å². The van der Waals surface area contributed by atoms with Crippen LogP contribution in [-0.4, -0.2) is 33.8 Å². The maximum Gasteiger partial charge on any atom is 0.412 e. The highest BCUT2D eigenvalue weighted by Crippen LogP contribution is 2.20. The van der Waals surface area contributed by atoms with Gasteiger partial charge in [-0.3, -0.25) is 5.32 Å². The number of benzene rings is 1. The number of nitrogens with one attached hydrogen (secondary N) is 3. The lowest BCUT2D eigenvalue weighted by Gasteiger charge is -2.19. The molecule has 1 heterocycles. The molecular weight excluding hydrogens is 340 g/mol. The Morgan fingerprint density at radius 3 is 2.68 bits per heavy atom. The third kappa shape index (κ3) is 5.06. The van der Waals surface area contributed by atoms with Crippen LogP contribution in [0.3, 0.4) is 0 Å². The van der Waals surface area contributed by atoms with Crippen LogP contribution in [0, 0.1) is 4.77 Å². The largest absolute Gasteiger partial charge is 0.444 e. The predicted molar refractivity (Wildman–Crippen MR) is 101 cm³/mol. The number of aromatic amines is 1. The van der Waals surface area contributed by atoms with Crippen LogP contribution in [0.5, 0.6) is 0 Å². The summed E-state index contributed by atoms with van der Waals surface area (Å²) in [4.78, 5) is 27.2. The quantitative estimate of drug-likeness (QED) is 0.554. The second kappa shape index (κ2) is 7.69. The molecule has 25 heavy (non-hydrogen) atoms. The summed E-state index contributed by atoms with van der Waals surface area (Å²) in [5.74, 6) is 0. The molecule has 3 N–H and O–H groups in total. The van der Waals surface area contributed by atoms with Gasteiger partial charge in [0.1, 0.15) is 5.60 Å². The fraction of sp³-hybridized carbons (Fsp3) is 0.471. The van der Waals surface area contributed by atoms with Crippen LogP contribution < -0.4 is 10.6 Å². The Morgan fingerprint density at radius 2 is 2.04 bits per heavy atom. The molecule has 0 bridgehead atoms. The van der Waals surface area contributed by atoms with Gasteiger partial charge < -0.3 is 15.0 Å². The lowest BCUT2D eigenvalue weighted by molar-refractivity contribution is 0.0636. The molecule has 7 nitrogen and oxygen atoms in total. The van der Waals surface area contributed by atoms with E-state index in [1.807, 2.05) is 0 Å². The number of nitrogens with zero attached hydrogens (tertiary/aromatic N) is 1. The Kier molecular flexibility index (Phi) is 5.84. The number of ether oxygens (including phenoxy) is 1. The molecule has 1 aromatic heterocycles. The van der Waals surface area contributed by atoms with E-state index in [4.69, 9.17) is 17.0 Å². The molecule has 0 saturated carbocycles. The van der Waals surface area contributed by atoms with Gasteiger partial charge in [-0.2, -0.15) is 0 Å². The Balaban J connectivity index is 2.21. The number of anilines is 1. The van der Waals surface area contributed by atoms with Gasteiger partial charge in [0.05, 0.1) is 11.0 Å². The standard InChI is InChI=1S/C17H24N4O3S/c1-5-6-9-18-14(22)21-13-8-7-11(10-12(13)20-15(21)25)19-16(23)24-17(2,3)4/h7-8,10H,5-6,9H2,1-4H3,(H,18,22)(H,19,23)(H,20,25). The first-order chi connectivity index (χ1) is 11.7. The van der Waals surface area contributed by atoms with E-state index in [1.165, 1.54) is 4.57 Å². The smallest absolute Gasteiger partial charge is 0.412 e. The molecular formula is C17H24N4O3S. The molecule has 0 aliphatic rings. The molecule has 0 spiro atoms. The van der Waals surface area contributed by atoms with E-state index in [0.717, 1.165) is 12.8 Å². The zero-order valence-electron chi connectivity index (χ0n) is 14.9. The van der Waals surface area contributed by atoms with Gasteiger partial charge in [0.25, 0.3) is 0 Å². The average molecular weight is 364 g/mol. The van der Waals surface area contributed by atoms with Gasteiger partial charge in [-0.1, -0.05) is 13.3 Å². The molecule has 136 valence electrons. The van der Waals surface area contributed by atoms with Gasteiger partial charge in [-0.05, 0) is 57.6 Å². The van der Waals surface area contributed by atoms with E-state index in [0.29, 0.717) is 28.0 Å². The van der Waals surface area contributed by atoms with Gasteiger partial charge >= 0.3 is 12.1 Å². The molecule has 0 aliphatic carbocycles. The van der Waals surface area contributed by atoms with E-state index in [-0.39, 0.29) is 6.03 Å². The van der Waals surface area contributed by atoms with Crippen LogP contribution in [0.25, 0.3) is 11.0 Å². The minimum Gasteiger partial charge on any atom is -0.444 e. The minimum absolute atomic E-state index is 0.266. The van der Waals surface area contributed by atoms with Crippen molar-refractivity contribution in [3.63, 3.8) is 0 Å². The van der Waals surface area contributed by atoms with Gasteiger partial charge in [0, 0.05) is 12.2 Å². The van der Waals surface area contributed by atoms with Crippen molar-refractivity contribution in [1.82, 2.24) is 14.9 Å². The van der Waals surface area contributed by atoms with Crippen molar-refractivity contribution in [3.05, 3.63) is 23.0 Å². The van der Waals surface area contributed by atoms with Crippen LogP contribution >= 0.6 is 12.2 Å². The summed E-state index contributed by atoms with van der Waals surface area (Å²) in [5.41, 5.74) is 1.28. The fourth-order valence-electron chi connectivity index (χ4n) is 2.26. The summed E-state index contributed by atoms with van der Waals surface area (Å²) in [5, 5.41) is 5.50. The molecule has 2 rings (SSSR count). The van der Waals surface area contributed by atoms with Gasteiger partial charge in [0.2, 0.25) is 0 Å². The molecule has 0 unspecified atom stereocenters. The van der Waals surface area contributed by atoms with Crippen molar-refractivity contribution in [2.75, 3.05) is 11.9 Å². The number of hydrogen-bond donors (Lipinski definition) is 3. The van der Waals surface area contributed by atoms with Crippen molar-refractivity contribution in [2.24, 2.45) is 0 Å². The Morgan fingerprint density at radius 1 is 1.32 bits per heavy atom. The highest BCUT2D eigenvalue weighted by Gasteiger charge is 2.17. The number of rotatable bonds is 4. The minimum atomic E-state index is -0.575. The van der Waals surface area contributed by atoms with Crippen molar-refractivity contribution in [3.8, 4) is 0 Å². The van der Waals surface area contributed by atoms with Gasteiger partial charge in [0.15, 0.2) is 4.77 Å². The number of carbonyl (C=O) groups excluding carboxylic acids is 2. The molecule has 2 aromatic rings. The molecule has 0 saturated heterocycles. The van der Waals surface area contributed by atoms with E-state index in [1.54, 1.807) is 39.0 Å². The number of carbonyl (C=O) groups is 2. The van der Waals surface area contributed by atoms with Crippen molar-refractivity contribution in [2.45, 2.75) is 46.1 Å². The van der Waals surface area contributed by atoms with E-state index in [9.17, 15) is 9.59 Å². The van der Waals surface area contributed by atoms with Crippen LogP contribution in [0.15, 0.2) is 18.2 Å². The highest BCUT2D eigenvalue weighted by molar-refractivity contribution is 7.71. The molecule has 0 radical (unpaired) electrons. The first-order valence-corrected chi connectivity index (χ1v) is 8.65. The van der Waals surface area contributed by atoms with Crippen molar-refractivity contribution >= 4 is 41.1 Å². The van der Waals surface area contributed by atoms with Crippen LogP contribution in [0.1, 0.15) is 40.5 Å². The molecule has 1 aromatic carbocycles. The summed E-state index contributed by atoms with van der Waals surface area (Å²) in [6.45, 7) is 8.05. The van der Waals surface area contributed by atoms with Gasteiger partial charge in [-0.25, -0.2) is 14.2 Å². The van der Waals surface area contributed by atoms with E-state index in [2.05, 4.69) is 22.5 Å². The molecule has 2 amide bonds. The lowest BCUT2D eigenvalue weighted by atomic mass is 10.2. The summed E-state index contributed by atoms with van der Waals surface area (Å²) in [7, 11) is 0. The summed E-state index contributed by atoms with van der Waals surface area (Å²) in [6, 6.07) is 4.88. The molecule has 0 aliphatic heterocycles. The maximum absolute atomic E-state index is 12.3. The number of imidazole rings is 1. The summed E-state index contributed by atoms with van der Waals surface area (Å²) < 4.78 is 6.94. The molecule has 8 heteroatoms. The van der Waals surface area contributed by atoms with E-state index >= 15 is 0 Å². The number of hydrogen-bond acceptors (Lipinski definition) is 4. The van der Waals surface area contributed by atoms with E-state index < -0.39 is 11.7 Å². The highest BCUT2D eigenvalue weighted by atomic mass is 32.1. The number of aromatic nitrogens is 2. The monoisotopic (exact) mass is 364 g/mol. The van der Waals surface area contributed by atoms with Crippen LogP contribution in [0.2, 0.25) is 0 Å². The van der Waals surface area contributed by atoms with Crippen molar-refractivity contribution in [1.29, 1.82) is 0 Å².